The largest absolute Gasteiger partial charge is 0.456 e. The summed E-state index contributed by atoms with van der Waals surface area (Å²) in [5.41, 5.74) is 8.02. The molecule has 0 atom stereocenters. The Morgan fingerprint density at radius 3 is 2.43 bits per heavy atom. The van der Waals surface area contributed by atoms with E-state index in [0.29, 0.717) is 22.1 Å². The molecule has 0 amide bonds. The zero-order valence-electron chi connectivity index (χ0n) is 11.5. The van der Waals surface area contributed by atoms with Gasteiger partial charge in [0.2, 0.25) is 0 Å². The molecule has 2 aromatic carbocycles. The van der Waals surface area contributed by atoms with Gasteiger partial charge < -0.3 is 15.7 Å². The van der Waals surface area contributed by atoms with Crippen LogP contribution in [0.2, 0.25) is 5.02 Å². The van der Waals surface area contributed by atoms with Gasteiger partial charge in [-0.2, -0.15) is 0 Å². The number of rotatable bonds is 3. The summed E-state index contributed by atoms with van der Waals surface area (Å²) < 4.78 is 6.76. The van der Waals surface area contributed by atoms with Gasteiger partial charge in [0.05, 0.1) is 5.56 Å². The van der Waals surface area contributed by atoms with Crippen LogP contribution in [0.3, 0.4) is 0 Å². The number of nitrogens with two attached hydrogens (primary N) is 1. The fourth-order valence-electron chi connectivity index (χ4n) is 2.01. The molecule has 0 fully saturated rings. The van der Waals surface area contributed by atoms with Crippen LogP contribution in [0.25, 0.3) is 0 Å². The lowest BCUT2D eigenvalue weighted by Gasteiger charge is -2.15. The Bertz CT molecular complexity index is 694. The number of aryl methyl sites for hydroxylation is 2. The van der Waals surface area contributed by atoms with Crippen LogP contribution >= 0.6 is 27.5 Å². The van der Waals surface area contributed by atoms with E-state index < -0.39 is 0 Å². The second-order valence-corrected chi connectivity index (χ2v) is 5.95. The first-order valence-corrected chi connectivity index (χ1v) is 7.31. The summed E-state index contributed by atoms with van der Waals surface area (Å²) in [6.07, 6.45) is 0. The summed E-state index contributed by atoms with van der Waals surface area (Å²) in [4.78, 5) is 0. The highest BCUT2D eigenvalue weighted by atomic mass is 79.9. The standard InChI is InChI=1S/C15H14BrClN2O2/c1-8-5-11(17)6-9(2)14(8)21-13-4-3-10(16)7-12(13)15(18)19-20/h3-7,20H,1-2H3,(H2,18,19). The molecular formula is C15H14BrClN2O2. The molecular weight excluding hydrogens is 356 g/mol. The summed E-state index contributed by atoms with van der Waals surface area (Å²) in [6.45, 7) is 3.83. The molecule has 0 bridgehead atoms. The lowest BCUT2D eigenvalue weighted by Crippen LogP contribution is -2.14. The molecule has 0 radical (unpaired) electrons. The average molecular weight is 370 g/mol. The van der Waals surface area contributed by atoms with E-state index in [4.69, 9.17) is 27.3 Å². The molecule has 0 spiro atoms. The van der Waals surface area contributed by atoms with Crippen molar-refractivity contribution in [3.63, 3.8) is 0 Å². The van der Waals surface area contributed by atoms with Gasteiger partial charge in [-0.25, -0.2) is 0 Å². The predicted molar refractivity (Wildman–Crippen MR) is 87.7 cm³/mol. The van der Waals surface area contributed by atoms with Gasteiger partial charge in [0, 0.05) is 9.50 Å². The van der Waals surface area contributed by atoms with Crippen LogP contribution in [-0.4, -0.2) is 11.0 Å². The summed E-state index contributed by atoms with van der Waals surface area (Å²) >= 11 is 9.37. The molecule has 4 nitrogen and oxygen atoms in total. The first-order valence-electron chi connectivity index (χ1n) is 6.14. The van der Waals surface area contributed by atoms with Crippen molar-refractivity contribution >= 4 is 33.4 Å². The van der Waals surface area contributed by atoms with Crippen molar-refractivity contribution in [2.75, 3.05) is 0 Å². The maximum absolute atomic E-state index is 8.89. The van der Waals surface area contributed by atoms with Crippen molar-refractivity contribution in [2.24, 2.45) is 10.9 Å². The van der Waals surface area contributed by atoms with E-state index in [1.54, 1.807) is 12.1 Å². The molecule has 0 aliphatic carbocycles. The third-order valence-electron chi connectivity index (χ3n) is 2.96. The third-order valence-corrected chi connectivity index (χ3v) is 3.67. The molecule has 2 aromatic rings. The first-order chi connectivity index (χ1) is 9.92. The van der Waals surface area contributed by atoms with Crippen LogP contribution < -0.4 is 10.5 Å². The van der Waals surface area contributed by atoms with Crippen molar-refractivity contribution < 1.29 is 9.94 Å². The molecule has 110 valence electrons. The van der Waals surface area contributed by atoms with Crippen LogP contribution in [0.1, 0.15) is 16.7 Å². The van der Waals surface area contributed by atoms with Gasteiger partial charge in [-0.3, -0.25) is 0 Å². The Morgan fingerprint density at radius 2 is 1.86 bits per heavy atom. The van der Waals surface area contributed by atoms with E-state index in [0.717, 1.165) is 15.6 Å². The second kappa shape index (κ2) is 6.37. The first kappa shape index (κ1) is 15.7. The van der Waals surface area contributed by atoms with E-state index in [-0.39, 0.29) is 5.84 Å². The van der Waals surface area contributed by atoms with Crippen molar-refractivity contribution in [1.29, 1.82) is 0 Å². The minimum Gasteiger partial charge on any atom is -0.456 e. The van der Waals surface area contributed by atoms with E-state index in [2.05, 4.69) is 21.1 Å². The van der Waals surface area contributed by atoms with Gasteiger partial charge in [-0.15, -0.1) is 0 Å². The maximum atomic E-state index is 8.89. The fraction of sp³-hybridized carbons (Fsp3) is 0.133. The van der Waals surface area contributed by atoms with Gasteiger partial charge >= 0.3 is 0 Å². The van der Waals surface area contributed by atoms with Gasteiger partial charge in [0.15, 0.2) is 5.84 Å². The number of ether oxygens (including phenoxy) is 1. The van der Waals surface area contributed by atoms with Crippen LogP contribution in [0, 0.1) is 13.8 Å². The number of benzene rings is 2. The number of halogens is 2. The Hall–Kier alpha value is -1.72. The highest BCUT2D eigenvalue weighted by Crippen LogP contribution is 2.33. The van der Waals surface area contributed by atoms with E-state index in [9.17, 15) is 0 Å². The summed E-state index contributed by atoms with van der Waals surface area (Å²) in [5, 5.41) is 12.6. The summed E-state index contributed by atoms with van der Waals surface area (Å²) in [7, 11) is 0. The Labute approximate surface area is 136 Å². The van der Waals surface area contributed by atoms with Gasteiger partial charge in [-0.05, 0) is 55.3 Å². The van der Waals surface area contributed by atoms with E-state index >= 15 is 0 Å². The molecule has 2 rings (SSSR count). The van der Waals surface area contributed by atoms with Gasteiger partial charge in [0.25, 0.3) is 0 Å². The molecule has 0 saturated carbocycles. The number of amidine groups is 1. The number of nitrogens with zero attached hydrogens (tertiary/aromatic N) is 1. The van der Waals surface area contributed by atoms with Crippen LogP contribution in [0.5, 0.6) is 11.5 Å². The molecule has 0 saturated heterocycles. The Balaban J connectivity index is 2.50. The molecule has 6 heteroatoms. The average Bonchev–Trinajstić information content (AvgIpc) is 2.43. The summed E-state index contributed by atoms with van der Waals surface area (Å²) in [5.74, 6) is 1.19. The quantitative estimate of drug-likeness (QED) is 0.359. The molecule has 0 aliphatic rings. The Morgan fingerprint density at radius 1 is 1.24 bits per heavy atom. The van der Waals surface area contributed by atoms with Crippen LogP contribution in [0.4, 0.5) is 0 Å². The zero-order chi connectivity index (χ0) is 15.6. The number of hydrogen-bond donors (Lipinski definition) is 2. The normalized spacial score (nSPS) is 11.5. The van der Waals surface area contributed by atoms with Crippen molar-refractivity contribution in [3.05, 3.63) is 56.5 Å². The lowest BCUT2D eigenvalue weighted by atomic mass is 10.1. The zero-order valence-corrected chi connectivity index (χ0v) is 13.9. The SMILES string of the molecule is Cc1cc(Cl)cc(C)c1Oc1ccc(Br)cc1/C(N)=N/O. The van der Waals surface area contributed by atoms with Gasteiger partial charge in [0.1, 0.15) is 11.5 Å². The highest BCUT2D eigenvalue weighted by Gasteiger charge is 2.13. The highest BCUT2D eigenvalue weighted by molar-refractivity contribution is 9.10. The molecule has 3 N–H and O–H groups in total. The predicted octanol–water partition coefficient (Wildman–Crippen LogP) is 4.61. The summed E-state index contributed by atoms with van der Waals surface area (Å²) in [6, 6.07) is 8.96. The van der Waals surface area contributed by atoms with Gasteiger partial charge in [-0.1, -0.05) is 32.7 Å². The molecule has 21 heavy (non-hydrogen) atoms. The third kappa shape index (κ3) is 3.49. The fourth-order valence-corrected chi connectivity index (χ4v) is 2.70. The monoisotopic (exact) mass is 368 g/mol. The Kier molecular flexibility index (Phi) is 4.75. The number of hydrogen-bond acceptors (Lipinski definition) is 3. The molecule has 0 aromatic heterocycles. The minimum atomic E-state index is -0.0180. The van der Waals surface area contributed by atoms with Crippen LogP contribution in [-0.2, 0) is 0 Å². The van der Waals surface area contributed by atoms with Crippen molar-refractivity contribution in [1.82, 2.24) is 0 Å². The molecule has 0 aliphatic heterocycles. The van der Waals surface area contributed by atoms with E-state index in [1.165, 1.54) is 0 Å². The van der Waals surface area contributed by atoms with Crippen molar-refractivity contribution in [2.45, 2.75) is 13.8 Å². The second-order valence-electron chi connectivity index (χ2n) is 4.60. The number of oxime groups is 1. The molecule has 0 unspecified atom stereocenters. The van der Waals surface area contributed by atoms with E-state index in [1.807, 2.05) is 32.0 Å². The van der Waals surface area contributed by atoms with Crippen LogP contribution in [0.15, 0.2) is 40.0 Å². The topological polar surface area (TPSA) is 67.8 Å². The molecule has 0 heterocycles. The minimum absolute atomic E-state index is 0.0180. The van der Waals surface area contributed by atoms with Crippen molar-refractivity contribution in [3.8, 4) is 11.5 Å². The maximum Gasteiger partial charge on any atom is 0.173 e. The lowest BCUT2D eigenvalue weighted by molar-refractivity contribution is 0.318. The smallest absolute Gasteiger partial charge is 0.173 e.